The van der Waals surface area contributed by atoms with Gasteiger partial charge >= 0.3 is 0 Å². The molecule has 186 valence electrons. The number of sulfonamides is 1. The van der Waals surface area contributed by atoms with Crippen LogP contribution in [0.5, 0.6) is 0 Å². The van der Waals surface area contributed by atoms with Gasteiger partial charge in [0.2, 0.25) is 21.8 Å². The maximum absolute atomic E-state index is 13.7. The topological polar surface area (TPSA) is 86.8 Å². The average Bonchev–Trinajstić information content (AvgIpc) is 2.82. The highest BCUT2D eigenvalue weighted by Gasteiger charge is 2.32. The molecule has 2 amide bonds. The van der Waals surface area contributed by atoms with Crippen molar-refractivity contribution in [2.45, 2.75) is 32.9 Å². The van der Waals surface area contributed by atoms with Gasteiger partial charge in [-0.25, -0.2) is 8.42 Å². The van der Waals surface area contributed by atoms with Crippen LogP contribution in [0.3, 0.4) is 0 Å². The number of amides is 2. The van der Waals surface area contributed by atoms with Crippen molar-refractivity contribution in [1.82, 2.24) is 10.2 Å². The van der Waals surface area contributed by atoms with Gasteiger partial charge in [0, 0.05) is 23.5 Å². The Kier molecular flexibility index (Phi) is 8.75. The fraction of sp³-hybridized carbons (Fsp3) is 0.308. The van der Waals surface area contributed by atoms with E-state index >= 15 is 0 Å². The lowest BCUT2D eigenvalue weighted by molar-refractivity contribution is -0.140. The number of anilines is 1. The van der Waals surface area contributed by atoms with E-state index in [-0.39, 0.29) is 12.5 Å². The highest BCUT2D eigenvalue weighted by Crippen LogP contribution is 2.29. The zero-order chi connectivity index (χ0) is 25.6. The van der Waals surface area contributed by atoms with Gasteiger partial charge in [0.25, 0.3) is 0 Å². The predicted molar refractivity (Wildman–Crippen MR) is 141 cm³/mol. The normalized spacial score (nSPS) is 12.2. The molecule has 0 radical (unpaired) electrons. The summed E-state index contributed by atoms with van der Waals surface area (Å²) in [6.45, 7) is 3.64. The van der Waals surface area contributed by atoms with Crippen molar-refractivity contribution in [1.29, 1.82) is 0 Å². The molecule has 0 bridgehead atoms. The Balaban J connectivity index is 2.04. The summed E-state index contributed by atoms with van der Waals surface area (Å²) in [4.78, 5) is 28.0. The van der Waals surface area contributed by atoms with E-state index in [0.29, 0.717) is 34.6 Å². The van der Waals surface area contributed by atoms with Crippen LogP contribution >= 0.6 is 11.6 Å². The molecule has 35 heavy (non-hydrogen) atoms. The van der Waals surface area contributed by atoms with Crippen LogP contribution in [0.1, 0.15) is 25.8 Å². The minimum Gasteiger partial charge on any atom is -0.355 e. The molecule has 1 N–H and O–H groups in total. The monoisotopic (exact) mass is 515 g/mol. The molecule has 0 unspecified atom stereocenters. The molecule has 9 heteroatoms. The first kappa shape index (κ1) is 26.5. The second kappa shape index (κ2) is 11.6. The van der Waals surface area contributed by atoms with Crippen LogP contribution in [-0.2, 0) is 26.2 Å². The van der Waals surface area contributed by atoms with Gasteiger partial charge in [-0.05, 0) is 36.4 Å². The second-order valence-corrected chi connectivity index (χ2v) is 10.5. The van der Waals surface area contributed by atoms with Crippen LogP contribution in [-0.4, -0.2) is 50.5 Å². The van der Waals surface area contributed by atoms with Gasteiger partial charge in [0.15, 0.2) is 0 Å². The number of benzene rings is 3. The number of hydrogen-bond donors (Lipinski definition) is 1. The largest absolute Gasteiger partial charge is 0.355 e. The lowest BCUT2D eigenvalue weighted by Crippen LogP contribution is -2.52. The first-order valence-corrected chi connectivity index (χ1v) is 13.7. The van der Waals surface area contributed by atoms with Crippen molar-refractivity contribution in [3.63, 3.8) is 0 Å². The fourth-order valence-electron chi connectivity index (χ4n) is 4.04. The van der Waals surface area contributed by atoms with Gasteiger partial charge in [-0.2, -0.15) is 0 Å². The van der Waals surface area contributed by atoms with Crippen molar-refractivity contribution in [3.05, 3.63) is 77.3 Å². The Morgan fingerprint density at radius 1 is 0.971 bits per heavy atom. The Bertz CT molecular complexity index is 1310. The molecule has 0 spiro atoms. The highest BCUT2D eigenvalue weighted by molar-refractivity contribution is 7.92. The molecule has 0 heterocycles. The molecule has 0 aliphatic rings. The summed E-state index contributed by atoms with van der Waals surface area (Å²) in [5.41, 5.74) is 1.07. The molecular formula is C26H30ClN3O4S. The fourth-order valence-corrected chi connectivity index (χ4v) is 5.10. The third-order valence-corrected chi connectivity index (χ3v) is 7.25. The number of halogens is 1. The molecule has 1 atom stereocenters. The summed E-state index contributed by atoms with van der Waals surface area (Å²) in [6, 6.07) is 19.0. The van der Waals surface area contributed by atoms with E-state index in [1.165, 1.54) is 4.90 Å². The molecule has 0 aliphatic heterocycles. The average molecular weight is 516 g/mol. The van der Waals surface area contributed by atoms with Crippen LogP contribution in [0, 0.1) is 0 Å². The van der Waals surface area contributed by atoms with Crippen molar-refractivity contribution in [2.75, 3.05) is 23.7 Å². The number of rotatable bonds is 10. The Labute approximate surface area is 211 Å². The summed E-state index contributed by atoms with van der Waals surface area (Å²) in [5, 5.41) is 4.80. The van der Waals surface area contributed by atoms with Gasteiger partial charge in [-0.15, -0.1) is 0 Å². The number of likely N-dealkylation sites (N-methyl/N-ethyl adjacent to an activating group) is 1. The quantitative estimate of drug-likeness (QED) is 0.438. The minimum atomic E-state index is -3.82. The molecule has 0 saturated carbocycles. The smallest absolute Gasteiger partial charge is 0.244 e. The van der Waals surface area contributed by atoms with Crippen molar-refractivity contribution < 1.29 is 18.0 Å². The summed E-state index contributed by atoms with van der Waals surface area (Å²) in [5.74, 6) is -0.798. The summed E-state index contributed by atoms with van der Waals surface area (Å²) in [7, 11) is -3.82. The molecule has 0 saturated heterocycles. The predicted octanol–water partition coefficient (Wildman–Crippen LogP) is 4.20. The van der Waals surface area contributed by atoms with Crippen molar-refractivity contribution >= 4 is 49.9 Å². The molecule has 0 aromatic heterocycles. The molecular weight excluding hydrogens is 486 g/mol. The SMILES string of the molecule is CCNC(=O)[C@@H](CC)N(Cc1ccccc1Cl)C(=O)CN(c1cccc2ccccc12)S(C)(=O)=O. The minimum absolute atomic E-state index is 0.0707. The zero-order valence-electron chi connectivity index (χ0n) is 20.1. The third kappa shape index (κ3) is 6.32. The van der Waals surface area contributed by atoms with E-state index in [0.717, 1.165) is 15.9 Å². The van der Waals surface area contributed by atoms with Crippen LogP contribution in [0.2, 0.25) is 5.02 Å². The van der Waals surface area contributed by atoms with Gasteiger partial charge in [-0.1, -0.05) is 73.1 Å². The van der Waals surface area contributed by atoms with E-state index in [1.807, 2.05) is 37.3 Å². The summed E-state index contributed by atoms with van der Waals surface area (Å²) >= 11 is 6.36. The van der Waals surface area contributed by atoms with E-state index in [4.69, 9.17) is 11.6 Å². The molecule has 3 aromatic carbocycles. The second-order valence-electron chi connectivity index (χ2n) is 8.20. The first-order chi connectivity index (χ1) is 16.7. The maximum Gasteiger partial charge on any atom is 0.244 e. The molecule has 3 aromatic rings. The van der Waals surface area contributed by atoms with Crippen LogP contribution in [0.4, 0.5) is 5.69 Å². The van der Waals surface area contributed by atoms with Gasteiger partial charge in [0.1, 0.15) is 12.6 Å². The lowest BCUT2D eigenvalue weighted by Gasteiger charge is -2.33. The third-order valence-electron chi connectivity index (χ3n) is 5.75. The number of hydrogen-bond acceptors (Lipinski definition) is 4. The number of carbonyl (C=O) groups excluding carboxylic acids is 2. The highest BCUT2D eigenvalue weighted by atomic mass is 35.5. The number of nitrogens with zero attached hydrogens (tertiary/aromatic N) is 2. The van der Waals surface area contributed by atoms with E-state index < -0.39 is 28.5 Å². The molecule has 3 rings (SSSR count). The van der Waals surface area contributed by atoms with Crippen molar-refractivity contribution in [2.24, 2.45) is 0 Å². The van der Waals surface area contributed by atoms with Gasteiger partial charge in [-0.3, -0.25) is 13.9 Å². The van der Waals surface area contributed by atoms with Crippen LogP contribution in [0.25, 0.3) is 10.8 Å². The number of carbonyl (C=O) groups is 2. The molecule has 7 nitrogen and oxygen atoms in total. The van der Waals surface area contributed by atoms with Gasteiger partial charge in [0.05, 0.1) is 11.9 Å². The maximum atomic E-state index is 13.7. The number of nitrogens with one attached hydrogen (secondary N) is 1. The van der Waals surface area contributed by atoms with E-state index in [2.05, 4.69) is 5.32 Å². The Hall–Kier alpha value is -3.10. The van der Waals surface area contributed by atoms with Crippen molar-refractivity contribution in [3.8, 4) is 0 Å². The summed E-state index contributed by atoms with van der Waals surface area (Å²) in [6.07, 6.45) is 1.43. The standard InChI is InChI=1S/C26H30ClN3O4S/c1-4-23(26(32)28-5-2)29(17-20-12-7-9-15-22(20)27)25(31)18-30(35(3,33)34)24-16-10-13-19-11-6-8-14-21(19)24/h6-16,23H,4-5,17-18H2,1-3H3,(H,28,32)/t23-/m1/s1. The molecule has 0 aliphatic carbocycles. The summed E-state index contributed by atoms with van der Waals surface area (Å²) < 4.78 is 26.9. The Morgan fingerprint density at radius 2 is 1.63 bits per heavy atom. The first-order valence-electron chi connectivity index (χ1n) is 11.4. The number of fused-ring (bicyclic) bond motifs is 1. The van der Waals surface area contributed by atoms with Gasteiger partial charge < -0.3 is 10.2 Å². The van der Waals surface area contributed by atoms with E-state index in [9.17, 15) is 18.0 Å². The zero-order valence-corrected chi connectivity index (χ0v) is 21.6. The Morgan fingerprint density at radius 3 is 2.29 bits per heavy atom. The molecule has 0 fully saturated rings. The lowest BCUT2D eigenvalue weighted by atomic mass is 10.1. The van der Waals surface area contributed by atoms with Crippen LogP contribution in [0.15, 0.2) is 66.7 Å². The van der Waals surface area contributed by atoms with Crippen LogP contribution < -0.4 is 9.62 Å². The van der Waals surface area contributed by atoms with E-state index in [1.54, 1.807) is 43.3 Å².